The molecule has 0 aliphatic rings. The van der Waals surface area contributed by atoms with Gasteiger partial charge < -0.3 is 15.4 Å². The predicted octanol–water partition coefficient (Wildman–Crippen LogP) is 0.963. The third kappa shape index (κ3) is 4.48. The van der Waals surface area contributed by atoms with Gasteiger partial charge >= 0.3 is 6.03 Å². The van der Waals surface area contributed by atoms with Crippen molar-refractivity contribution in [1.29, 1.82) is 0 Å². The number of carbonyl (C=O) groups excluding carboxylic acids is 1. The Labute approximate surface area is 154 Å². The summed E-state index contributed by atoms with van der Waals surface area (Å²) in [6.45, 7) is 2.34. The van der Waals surface area contributed by atoms with Crippen LogP contribution in [0.3, 0.4) is 0 Å². The number of nitrogens with zero attached hydrogens (tertiary/aromatic N) is 5. The molecule has 10 nitrogen and oxygen atoms in total. The lowest BCUT2D eigenvalue weighted by Crippen LogP contribution is -2.34. The van der Waals surface area contributed by atoms with E-state index in [4.69, 9.17) is 4.74 Å². The molecule has 0 radical (unpaired) electrons. The summed E-state index contributed by atoms with van der Waals surface area (Å²) in [6.07, 6.45) is 2.86. The minimum absolute atomic E-state index is 0.208. The van der Waals surface area contributed by atoms with Crippen molar-refractivity contribution in [1.82, 2.24) is 29.9 Å². The first-order valence-electron chi connectivity index (χ1n) is 8.19. The van der Waals surface area contributed by atoms with E-state index in [-0.39, 0.29) is 18.6 Å². The number of aromatic nitrogens is 5. The fourth-order valence-electron chi connectivity index (χ4n) is 2.41. The number of hydrogen-bond donors (Lipinski definition) is 2. The lowest BCUT2D eigenvalue weighted by molar-refractivity contribution is 0.251. The number of hydrogen-bond acceptors (Lipinski definition) is 6. The smallest absolute Gasteiger partial charge is 0.319 e. The number of methoxy groups -OCH3 is 1. The topological polar surface area (TPSA) is 116 Å². The number of anilines is 1. The quantitative estimate of drug-likeness (QED) is 0.669. The number of aryl methyl sites for hydroxylation is 1. The van der Waals surface area contributed by atoms with Crippen molar-refractivity contribution in [2.24, 2.45) is 0 Å². The zero-order valence-corrected chi connectivity index (χ0v) is 14.9. The van der Waals surface area contributed by atoms with Crippen LogP contribution in [0.1, 0.15) is 5.56 Å². The van der Waals surface area contributed by atoms with Gasteiger partial charge in [0.05, 0.1) is 19.3 Å². The van der Waals surface area contributed by atoms with Crippen molar-refractivity contribution in [2.45, 2.75) is 13.5 Å². The molecular weight excluding hydrogens is 350 g/mol. The summed E-state index contributed by atoms with van der Waals surface area (Å²) < 4.78 is 7.93. The third-order valence-electron chi connectivity index (χ3n) is 3.72. The maximum Gasteiger partial charge on any atom is 0.319 e. The second-order valence-corrected chi connectivity index (χ2v) is 5.68. The molecule has 0 spiro atoms. The van der Waals surface area contributed by atoms with Crippen LogP contribution in [-0.2, 0) is 6.54 Å². The summed E-state index contributed by atoms with van der Waals surface area (Å²) >= 11 is 0. The van der Waals surface area contributed by atoms with Crippen molar-refractivity contribution in [3.05, 3.63) is 58.9 Å². The van der Waals surface area contributed by atoms with E-state index in [1.54, 1.807) is 12.1 Å². The molecule has 1 aromatic carbocycles. The van der Waals surface area contributed by atoms with Crippen LogP contribution in [0.25, 0.3) is 5.82 Å². The number of rotatable bonds is 6. The van der Waals surface area contributed by atoms with E-state index in [2.05, 4.69) is 25.8 Å². The second kappa shape index (κ2) is 8.13. The average Bonchev–Trinajstić information content (AvgIpc) is 3.18. The molecule has 0 aliphatic carbocycles. The van der Waals surface area contributed by atoms with Crippen molar-refractivity contribution in [3.8, 4) is 11.6 Å². The number of nitrogens with one attached hydrogen (secondary N) is 2. The summed E-state index contributed by atoms with van der Waals surface area (Å²) in [6, 6.07) is 8.02. The maximum atomic E-state index is 12.1. The van der Waals surface area contributed by atoms with E-state index < -0.39 is 6.03 Å². The van der Waals surface area contributed by atoms with E-state index in [1.165, 1.54) is 35.2 Å². The van der Waals surface area contributed by atoms with E-state index in [9.17, 15) is 9.59 Å². The van der Waals surface area contributed by atoms with Crippen molar-refractivity contribution >= 4 is 11.7 Å². The SMILES string of the molecule is COc1ccc(C)cc1NC(=O)NCCn1nc(-n2cncn2)ccc1=O. The van der Waals surface area contributed by atoms with Crippen LogP contribution in [0.5, 0.6) is 5.75 Å². The molecule has 0 saturated carbocycles. The van der Waals surface area contributed by atoms with Gasteiger partial charge in [0.15, 0.2) is 5.82 Å². The first-order valence-corrected chi connectivity index (χ1v) is 8.19. The summed E-state index contributed by atoms with van der Waals surface area (Å²) in [5.41, 5.74) is 1.28. The van der Waals surface area contributed by atoms with Crippen LogP contribution in [-0.4, -0.2) is 44.2 Å². The number of amides is 2. The molecule has 140 valence electrons. The van der Waals surface area contributed by atoms with Gasteiger partial charge in [-0.15, -0.1) is 5.10 Å². The maximum absolute atomic E-state index is 12.1. The molecule has 0 saturated heterocycles. The molecule has 3 aromatic rings. The Hall–Kier alpha value is -3.69. The number of carbonyl (C=O) groups is 1. The predicted molar refractivity (Wildman–Crippen MR) is 98.2 cm³/mol. The molecule has 3 rings (SSSR count). The van der Waals surface area contributed by atoms with Crippen molar-refractivity contribution in [3.63, 3.8) is 0 Å². The first kappa shape index (κ1) is 18.1. The molecule has 2 aromatic heterocycles. The fourth-order valence-corrected chi connectivity index (χ4v) is 2.41. The second-order valence-electron chi connectivity index (χ2n) is 5.68. The van der Waals surface area contributed by atoms with Gasteiger partial charge in [0.1, 0.15) is 18.4 Å². The Balaban J connectivity index is 1.60. The number of benzene rings is 1. The summed E-state index contributed by atoms with van der Waals surface area (Å²) in [5.74, 6) is 1.02. The summed E-state index contributed by atoms with van der Waals surface area (Å²) in [5, 5.41) is 13.6. The minimum atomic E-state index is -0.403. The molecule has 0 atom stereocenters. The van der Waals surface area contributed by atoms with Gasteiger partial charge in [0, 0.05) is 12.6 Å². The molecule has 10 heteroatoms. The molecule has 2 amide bonds. The van der Waals surface area contributed by atoms with E-state index in [0.29, 0.717) is 17.3 Å². The fraction of sp³-hybridized carbons (Fsp3) is 0.235. The molecule has 0 aliphatic heterocycles. The number of urea groups is 1. The van der Waals surface area contributed by atoms with Crippen LogP contribution in [0.4, 0.5) is 10.5 Å². The normalized spacial score (nSPS) is 10.4. The monoisotopic (exact) mass is 369 g/mol. The van der Waals surface area contributed by atoms with Crippen LogP contribution < -0.4 is 20.9 Å². The van der Waals surface area contributed by atoms with Crippen LogP contribution in [0.15, 0.2) is 47.8 Å². The molecule has 0 bridgehead atoms. The Bertz CT molecular complexity index is 982. The molecular formula is C17H19N7O3. The van der Waals surface area contributed by atoms with Gasteiger partial charge in [-0.3, -0.25) is 4.79 Å². The zero-order chi connectivity index (χ0) is 19.2. The Kier molecular flexibility index (Phi) is 5.45. The van der Waals surface area contributed by atoms with Gasteiger partial charge in [-0.05, 0) is 30.7 Å². The molecule has 27 heavy (non-hydrogen) atoms. The van der Waals surface area contributed by atoms with Crippen molar-refractivity contribution in [2.75, 3.05) is 19.0 Å². The largest absolute Gasteiger partial charge is 0.495 e. The highest BCUT2D eigenvalue weighted by Crippen LogP contribution is 2.24. The zero-order valence-electron chi connectivity index (χ0n) is 14.9. The van der Waals surface area contributed by atoms with E-state index in [1.807, 2.05) is 19.1 Å². The van der Waals surface area contributed by atoms with Gasteiger partial charge in [-0.25, -0.2) is 19.1 Å². The van der Waals surface area contributed by atoms with Gasteiger partial charge in [0.2, 0.25) is 0 Å². The summed E-state index contributed by atoms with van der Waals surface area (Å²) in [4.78, 5) is 27.9. The highest BCUT2D eigenvalue weighted by molar-refractivity contribution is 5.91. The Morgan fingerprint density at radius 3 is 2.85 bits per heavy atom. The van der Waals surface area contributed by atoms with Crippen molar-refractivity contribution < 1.29 is 9.53 Å². The lowest BCUT2D eigenvalue weighted by atomic mass is 10.2. The lowest BCUT2D eigenvalue weighted by Gasteiger charge is -2.12. The van der Waals surface area contributed by atoms with Gasteiger partial charge in [-0.2, -0.15) is 5.10 Å². The molecule has 0 unspecified atom stereocenters. The van der Waals surface area contributed by atoms with Gasteiger partial charge in [0.25, 0.3) is 5.56 Å². The van der Waals surface area contributed by atoms with Crippen LogP contribution >= 0.6 is 0 Å². The average molecular weight is 369 g/mol. The highest BCUT2D eigenvalue weighted by Gasteiger charge is 2.08. The van der Waals surface area contributed by atoms with Gasteiger partial charge in [-0.1, -0.05) is 6.07 Å². The van der Waals surface area contributed by atoms with E-state index >= 15 is 0 Å². The highest BCUT2D eigenvalue weighted by atomic mass is 16.5. The van der Waals surface area contributed by atoms with Crippen LogP contribution in [0, 0.1) is 6.92 Å². The molecule has 0 fully saturated rings. The standard InChI is InChI=1S/C17H19N7O3/c1-12-3-4-14(27-2)13(9-12)21-17(26)19-7-8-23-16(25)6-5-15(22-23)24-11-18-10-20-24/h3-6,9-11H,7-8H2,1-2H3,(H2,19,21,26). The number of ether oxygens (including phenoxy) is 1. The first-order chi connectivity index (χ1) is 13.1. The Morgan fingerprint density at radius 2 is 2.11 bits per heavy atom. The molecule has 2 heterocycles. The van der Waals surface area contributed by atoms with E-state index in [0.717, 1.165) is 5.56 Å². The summed E-state index contributed by atoms with van der Waals surface area (Å²) in [7, 11) is 1.54. The minimum Gasteiger partial charge on any atom is -0.495 e. The Morgan fingerprint density at radius 1 is 1.26 bits per heavy atom. The third-order valence-corrected chi connectivity index (χ3v) is 3.72. The van der Waals surface area contributed by atoms with Crippen LogP contribution in [0.2, 0.25) is 0 Å². The molecule has 2 N–H and O–H groups in total.